The number of terminal acetylenes is 1. The predicted octanol–water partition coefficient (Wildman–Crippen LogP) is 4.76. The Labute approximate surface area is 250 Å². The fourth-order valence-corrected chi connectivity index (χ4v) is 6.17. The molecule has 0 bridgehead atoms. The average Bonchev–Trinajstić information content (AvgIpc) is 3.12. The second-order valence-corrected chi connectivity index (χ2v) is 11.3. The Morgan fingerprint density at radius 2 is 2.00 bits per heavy atom. The Morgan fingerprint density at radius 1 is 1.21 bits per heavy atom. The van der Waals surface area contributed by atoms with Gasteiger partial charge in [-0.25, -0.2) is 18.7 Å². The molecule has 0 radical (unpaired) electrons. The van der Waals surface area contributed by atoms with Crippen molar-refractivity contribution in [2.75, 3.05) is 31.1 Å². The zero-order chi connectivity index (χ0) is 29.9. The van der Waals surface area contributed by atoms with Crippen molar-refractivity contribution in [3.05, 3.63) is 68.1 Å². The van der Waals surface area contributed by atoms with E-state index in [0.717, 1.165) is 5.56 Å². The second kappa shape index (κ2) is 10.6. The van der Waals surface area contributed by atoms with Gasteiger partial charge in [-0.2, -0.15) is 4.98 Å². The van der Waals surface area contributed by atoms with Crippen LogP contribution in [0.5, 0.6) is 5.75 Å². The minimum Gasteiger partial charge on any atom is -0.489 e. The third kappa shape index (κ3) is 4.35. The number of benzene rings is 1. The fraction of sp³-hybridized carbons (Fsp3) is 0.300. The normalized spacial score (nSPS) is 16.2. The van der Waals surface area contributed by atoms with E-state index < -0.39 is 23.5 Å². The molecule has 0 N–H and O–H groups in total. The van der Waals surface area contributed by atoms with E-state index in [0.29, 0.717) is 35.7 Å². The summed E-state index contributed by atoms with van der Waals surface area (Å²) in [5.41, 5.74) is 1.50. The Bertz CT molecular complexity index is 1870. The van der Waals surface area contributed by atoms with Crippen LogP contribution in [-0.4, -0.2) is 62.6 Å². The lowest BCUT2D eigenvalue weighted by molar-refractivity contribution is -0.126. The van der Waals surface area contributed by atoms with E-state index in [1.165, 1.54) is 22.8 Å². The van der Waals surface area contributed by atoms with Gasteiger partial charge in [-0.15, -0.1) is 6.42 Å². The van der Waals surface area contributed by atoms with Crippen LogP contribution in [0.4, 0.5) is 10.2 Å². The number of carbonyl (C=O) groups excluding carboxylic acids is 1. The van der Waals surface area contributed by atoms with E-state index in [-0.39, 0.29) is 51.8 Å². The van der Waals surface area contributed by atoms with Crippen LogP contribution < -0.4 is 15.3 Å². The summed E-state index contributed by atoms with van der Waals surface area (Å²) in [6, 6.07) is 5.68. The number of fused-ring (bicyclic) bond motifs is 2. The number of anilines is 1. The summed E-state index contributed by atoms with van der Waals surface area (Å²) in [6.07, 6.45) is 7.05. The van der Waals surface area contributed by atoms with Gasteiger partial charge >= 0.3 is 5.69 Å². The Balaban J connectivity index is 1.72. The minimum absolute atomic E-state index is 0.0178. The SMILES string of the molecule is C#CC(=O)N1CCN2c3nc(=O)n(-c4c(C)ccnc4C(C)C)c4nc(-c5c(F)cccc5Cl)c(Cl)c(c34)OCC2C1. The number of nitrogens with zero attached hydrogens (tertiary/aromatic N) is 6. The molecule has 1 fully saturated rings. The number of pyridine rings is 2. The van der Waals surface area contributed by atoms with E-state index in [4.69, 9.17) is 39.3 Å². The molecule has 6 rings (SSSR count). The van der Waals surface area contributed by atoms with Gasteiger partial charge in [0.15, 0.2) is 11.4 Å². The van der Waals surface area contributed by atoms with E-state index in [9.17, 15) is 9.59 Å². The van der Waals surface area contributed by atoms with Crippen LogP contribution in [0.1, 0.15) is 31.0 Å². The van der Waals surface area contributed by atoms with Crippen LogP contribution in [0.3, 0.4) is 0 Å². The number of hydrogen-bond donors (Lipinski definition) is 0. The molecule has 0 spiro atoms. The minimum atomic E-state index is -0.637. The molecule has 1 aromatic carbocycles. The third-order valence-electron chi connectivity index (χ3n) is 7.61. The van der Waals surface area contributed by atoms with Crippen molar-refractivity contribution in [2.24, 2.45) is 0 Å². The number of carbonyl (C=O) groups is 1. The van der Waals surface area contributed by atoms with E-state index in [1.807, 2.05) is 25.7 Å². The quantitative estimate of drug-likeness (QED) is 0.310. The largest absolute Gasteiger partial charge is 0.489 e. The molecule has 2 aliphatic heterocycles. The number of halogens is 3. The molecule has 214 valence electrons. The number of aryl methyl sites for hydroxylation is 1. The molecule has 1 amide bonds. The van der Waals surface area contributed by atoms with Gasteiger partial charge in [-0.1, -0.05) is 43.1 Å². The molecule has 1 atom stereocenters. The molecule has 3 aromatic heterocycles. The predicted molar refractivity (Wildman–Crippen MR) is 159 cm³/mol. The van der Waals surface area contributed by atoms with Crippen molar-refractivity contribution in [3.8, 4) is 35.0 Å². The first kappa shape index (κ1) is 27.9. The van der Waals surface area contributed by atoms with Crippen LogP contribution in [0.25, 0.3) is 28.0 Å². The lowest BCUT2D eigenvalue weighted by Gasteiger charge is -2.40. The van der Waals surface area contributed by atoms with Crippen LogP contribution in [0, 0.1) is 25.1 Å². The van der Waals surface area contributed by atoms with Gasteiger partial charge in [0.25, 0.3) is 5.91 Å². The summed E-state index contributed by atoms with van der Waals surface area (Å²) in [4.78, 5) is 43.8. The number of amides is 1. The topological polar surface area (TPSA) is 93.5 Å². The third-order valence-corrected chi connectivity index (χ3v) is 8.28. The molecule has 12 heteroatoms. The molecule has 1 saturated heterocycles. The average molecular weight is 607 g/mol. The maximum atomic E-state index is 15.3. The van der Waals surface area contributed by atoms with Gasteiger partial charge in [0.1, 0.15) is 28.7 Å². The molecule has 2 aliphatic rings. The molecule has 4 aromatic rings. The highest BCUT2D eigenvalue weighted by molar-refractivity contribution is 6.38. The first-order valence-corrected chi connectivity index (χ1v) is 14.1. The summed E-state index contributed by atoms with van der Waals surface area (Å²) >= 11 is 13.4. The number of hydrogen-bond acceptors (Lipinski definition) is 7. The monoisotopic (exact) mass is 606 g/mol. The molecule has 5 heterocycles. The molecular formula is C30H25Cl2FN6O3. The standard InChI is InChI=1S/C30H25Cl2FN6O3/c1-5-20(40)37-11-12-38-17(13-37)14-42-27-22-28(38)36-30(41)39(26-16(4)9-10-34-24(26)15(2)3)29(22)35-25(23(27)32)21-18(31)7-6-8-19(21)33/h1,6-10,15,17H,11-14H2,2-4H3. The van der Waals surface area contributed by atoms with Crippen molar-refractivity contribution in [1.82, 2.24) is 24.4 Å². The van der Waals surface area contributed by atoms with Crippen molar-refractivity contribution < 1.29 is 13.9 Å². The number of piperazine rings is 1. The van der Waals surface area contributed by atoms with Gasteiger partial charge < -0.3 is 14.5 Å². The summed E-state index contributed by atoms with van der Waals surface area (Å²) in [6.45, 7) is 6.81. The molecule has 42 heavy (non-hydrogen) atoms. The van der Waals surface area contributed by atoms with Crippen LogP contribution in [0.15, 0.2) is 35.3 Å². The van der Waals surface area contributed by atoms with E-state index >= 15 is 4.39 Å². The van der Waals surface area contributed by atoms with Crippen LogP contribution >= 0.6 is 23.2 Å². The number of aromatic nitrogens is 4. The van der Waals surface area contributed by atoms with Gasteiger partial charge in [-0.05, 0) is 42.5 Å². The van der Waals surface area contributed by atoms with Gasteiger partial charge in [-0.3, -0.25) is 9.78 Å². The smallest absolute Gasteiger partial charge is 0.355 e. The number of rotatable bonds is 3. The highest BCUT2D eigenvalue weighted by Crippen LogP contribution is 2.46. The zero-order valence-corrected chi connectivity index (χ0v) is 24.5. The van der Waals surface area contributed by atoms with Crippen LogP contribution in [0.2, 0.25) is 10.0 Å². The molecular weight excluding hydrogens is 582 g/mol. The second-order valence-electron chi connectivity index (χ2n) is 10.5. The van der Waals surface area contributed by atoms with Crippen molar-refractivity contribution in [3.63, 3.8) is 0 Å². The molecule has 9 nitrogen and oxygen atoms in total. The fourth-order valence-electron chi connectivity index (χ4n) is 5.63. The van der Waals surface area contributed by atoms with Crippen molar-refractivity contribution in [2.45, 2.75) is 32.7 Å². The maximum Gasteiger partial charge on any atom is 0.355 e. The summed E-state index contributed by atoms with van der Waals surface area (Å²) < 4.78 is 23.0. The van der Waals surface area contributed by atoms with Crippen molar-refractivity contribution in [1.29, 1.82) is 0 Å². The molecule has 0 saturated carbocycles. The van der Waals surface area contributed by atoms with Crippen molar-refractivity contribution >= 4 is 46.0 Å². The van der Waals surface area contributed by atoms with E-state index in [2.05, 4.69) is 15.9 Å². The molecule has 0 aliphatic carbocycles. The lowest BCUT2D eigenvalue weighted by Crippen LogP contribution is -2.57. The maximum absolute atomic E-state index is 15.3. The van der Waals surface area contributed by atoms with Gasteiger partial charge in [0, 0.05) is 25.8 Å². The summed E-state index contributed by atoms with van der Waals surface area (Å²) in [5, 5.41) is 0.494. The first-order chi connectivity index (χ1) is 20.1. The van der Waals surface area contributed by atoms with E-state index in [1.54, 1.807) is 17.2 Å². The molecule has 1 unspecified atom stereocenters. The lowest BCUT2D eigenvalue weighted by atomic mass is 10.0. The van der Waals surface area contributed by atoms with Crippen LogP contribution in [-0.2, 0) is 4.79 Å². The summed E-state index contributed by atoms with van der Waals surface area (Å²) in [7, 11) is 0. The van der Waals surface area contributed by atoms with Gasteiger partial charge in [0.2, 0.25) is 0 Å². The van der Waals surface area contributed by atoms with Gasteiger partial charge in [0.05, 0.1) is 33.7 Å². The summed E-state index contributed by atoms with van der Waals surface area (Å²) in [5.74, 6) is 1.53. The highest BCUT2D eigenvalue weighted by Gasteiger charge is 2.37. The highest BCUT2D eigenvalue weighted by atomic mass is 35.5. The first-order valence-electron chi connectivity index (χ1n) is 13.3. The number of ether oxygens (including phenoxy) is 1. The Morgan fingerprint density at radius 3 is 2.71 bits per heavy atom. The Hall–Kier alpha value is -4.20. The Kier molecular flexibility index (Phi) is 7.03. The zero-order valence-electron chi connectivity index (χ0n) is 23.0.